The van der Waals surface area contributed by atoms with Crippen molar-refractivity contribution >= 4 is 50.6 Å². The number of amidine groups is 2. The number of thioether (sulfide) groups is 1. The van der Waals surface area contributed by atoms with Crippen molar-refractivity contribution in [3.05, 3.63) is 101 Å². The summed E-state index contributed by atoms with van der Waals surface area (Å²) in [4.78, 5) is 21.3. The molecule has 170 valence electrons. The number of pyridine rings is 1. The lowest BCUT2D eigenvalue weighted by Gasteiger charge is -2.20. The van der Waals surface area contributed by atoms with Crippen LogP contribution in [-0.4, -0.2) is 36.5 Å². The van der Waals surface area contributed by atoms with Crippen molar-refractivity contribution < 1.29 is 4.79 Å². The summed E-state index contributed by atoms with van der Waals surface area (Å²) >= 11 is 1.26. The zero-order valence-corrected chi connectivity index (χ0v) is 19.9. The fourth-order valence-corrected chi connectivity index (χ4v) is 5.34. The van der Waals surface area contributed by atoms with E-state index in [1.54, 1.807) is 18.5 Å². The van der Waals surface area contributed by atoms with Gasteiger partial charge in [-0.1, -0.05) is 36.4 Å². The molecule has 2 aliphatic heterocycles. The summed E-state index contributed by atoms with van der Waals surface area (Å²) < 4.78 is 2.19. The first-order valence-electron chi connectivity index (χ1n) is 11.1. The van der Waals surface area contributed by atoms with Gasteiger partial charge in [0.05, 0.1) is 11.3 Å². The minimum Gasteiger partial charge on any atom is -0.317 e. The number of aryl methyl sites for hydroxylation is 1. The van der Waals surface area contributed by atoms with Crippen LogP contribution in [0.4, 0.5) is 0 Å². The molecule has 2 aromatic carbocycles. The fraction of sp³-hybridized carbons (Fsp3) is 0.0741. The maximum absolute atomic E-state index is 12.9. The van der Waals surface area contributed by atoms with E-state index in [1.165, 1.54) is 16.8 Å². The topological polar surface area (TPSA) is 86.7 Å². The molecule has 4 aromatic rings. The zero-order chi connectivity index (χ0) is 24.1. The number of carbonyl (C=O) groups excluding carboxylic acids is 1. The lowest BCUT2D eigenvalue weighted by Crippen LogP contribution is -2.35. The molecule has 1 amide bonds. The number of hydrogen-bond acceptors (Lipinski definition) is 5. The molecule has 6 rings (SSSR count). The van der Waals surface area contributed by atoms with Crippen LogP contribution < -0.4 is 0 Å². The van der Waals surface area contributed by atoms with Gasteiger partial charge in [-0.2, -0.15) is 15.1 Å². The Balaban J connectivity index is 1.40. The number of amides is 1. The van der Waals surface area contributed by atoms with Gasteiger partial charge in [-0.3, -0.25) is 15.2 Å². The van der Waals surface area contributed by atoms with E-state index in [0.29, 0.717) is 10.2 Å². The summed E-state index contributed by atoms with van der Waals surface area (Å²) in [6.07, 6.45) is 5.14. The van der Waals surface area contributed by atoms with E-state index in [0.717, 1.165) is 39.0 Å². The molecule has 4 heterocycles. The van der Waals surface area contributed by atoms with Crippen molar-refractivity contribution in [2.75, 3.05) is 0 Å². The molecular formula is C27H20N6OS. The average Bonchev–Trinajstić information content (AvgIpc) is 3.42. The highest BCUT2D eigenvalue weighted by molar-refractivity contribution is 8.27. The van der Waals surface area contributed by atoms with Gasteiger partial charge < -0.3 is 4.57 Å². The lowest BCUT2D eigenvalue weighted by molar-refractivity contribution is -0.114. The van der Waals surface area contributed by atoms with E-state index >= 15 is 0 Å². The molecule has 7 nitrogen and oxygen atoms in total. The number of fused-ring (bicyclic) bond motifs is 2. The van der Waals surface area contributed by atoms with Gasteiger partial charge in [0.2, 0.25) is 5.17 Å². The lowest BCUT2D eigenvalue weighted by atomic mass is 10.1. The van der Waals surface area contributed by atoms with E-state index in [9.17, 15) is 4.79 Å². The fourth-order valence-electron chi connectivity index (χ4n) is 4.46. The van der Waals surface area contributed by atoms with E-state index < -0.39 is 5.91 Å². The minimum absolute atomic E-state index is 0.0151. The number of aromatic nitrogens is 2. The van der Waals surface area contributed by atoms with Crippen LogP contribution in [0.15, 0.2) is 88.7 Å². The molecule has 0 radical (unpaired) electrons. The van der Waals surface area contributed by atoms with E-state index in [4.69, 9.17) is 5.41 Å². The average molecular weight is 477 g/mol. The molecular weight excluding hydrogens is 456 g/mol. The molecule has 0 unspecified atom stereocenters. The number of rotatable bonds is 3. The number of nitrogens with one attached hydrogen (secondary N) is 1. The van der Waals surface area contributed by atoms with Crippen molar-refractivity contribution in [2.45, 2.75) is 13.8 Å². The van der Waals surface area contributed by atoms with Gasteiger partial charge in [0.15, 0.2) is 5.84 Å². The van der Waals surface area contributed by atoms with Gasteiger partial charge >= 0.3 is 0 Å². The third kappa shape index (κ3) is 3.50. The summed E-state index contributed by atoms with van der Waals surface area (Å²) in [6.45, 7) is 4.07. The van der Waals surface area contributed by atoms with E-state index in [2.05, 4.69) is 43.9 Å². The van der Waals surface area contributed by atoms with Gasteiger partial charge in [0.1, 0.15) is 5.04 Å². The Morgan fingerprint density at radius 1 is 1.03 bits per heavy atom. The molecule has 0 atom stereocenters. The zero-order valence-electron chi connectivity index (χ0n) is 19.1. The molecule has 2 aromatic heterocycles. The predicted molar refractivity (Wildman–Crippen MR) is 141 cm³/mol. The van der Waals surface area contributed by atoms with Crippen LogP contribution in [0.1, 0.15) is 22.5 Å². The molecule has 0 aliphatic carbocycles. The minimum atomic E-state index is -0.439. The van der Waals surface area contributed by atoms with Gasteiger partial charge in [0, 0.05) is 34.7 Å². The highest BCUT2D eigenvalue weighted by atomic mass is 32.2. The Morgan fingerprint density at radius 2 is 1.86 bits per heavy atom. The monoisotopic (exact) mass is 476 g/mol. The Hall–Kier alpha value is -4.30. The number of carbonyl (C=O) groups is 1. The molecule has 1 N–H and O–H groups in total. The van der Waals surface area contributed by atoms with Crippen molar-refractivity contribution in [1.82, 2.24) is 14.6 Å². The quantitative estimate of drug-likeness (QED) is 0.406. The number of nitrogens with zero attached hydrogens (tertiary/aromatic N) is 5. The second-order valence-electron chi connectivity index (χ2n) is 8.33. The van der Waals surface area contributed by atoms with Gasteiger partial charge in [-0.15, -0.1) is 0 Å². The Kier molecular flexibility index (Phi) is 4.96. The molecule has 0 fully saturated rings. The Bertz CT molecular complexity index is 1620. The molecule has 8 heteroatoms. The largest absolute Gasteiger partial charge is 0.317 e. The van der Waals surface area contributed by atoms with Crippen LogP contribution in [0, 0.1) is 19.3 Å². The summed E-state index contributed by atoms with van der Waals surface area (Å²) in [5.74, 6) is -0.423. The summed E-state index contributed by atoms with van der Waals surface area (Å²) in [5.41, 5.74) is 5.00. The second kappa shape index (κ2) is 8.18. The second-order valence-corrected chi connectivity index (χ2v) is 9.28. The molecule has 0 saturated carbocycles. The maximum atomic E-state index is 12.9. The van der Waals surface area contributed by atoms with Crippen molar-refractivity contribution in [2.24, 2.45) is 10.1 Å². The Morgan fingerprint density at radius 3 is 2.69 bits per heavy atom. The third-order valence-corrected chi connectivity index (χ3v) is 7.10. The summed E-state index contributed by atoms with van der Waals surface area (Å²) in [6, 6.07) is 20.3. The van der Waals surface area contributed by atoms with E-state index in [-0.39, 0.29) is 11.4 Å². The molecule has 35 heavy (non-hydrogen) atoms. The van der Waals surface area contributed by atoms with Crippen molar-refractivity contribution in [3.8, 4) is 5.69 Å². The number of benzene rings is 2. The number of hydrogen-bond donors (Lipinski definition) is 1. The highest BCUT2D eigenvalue weighted by Gasteiger charge is 2.36. The molecule has 0 spiro atoms. The third-order valence-electron chi connectivity index (χ3n) is 6.14. The van der Waals surface area contributed by atoms with Crippen LogP contribution in [-0.2, 0) is 4.79 Å². The standard InChI is InChI=1S/C27H20N6OS/c1-16-13-20(17(2)32(16)23-11-5-8-18-7-3-4-10-21(18)23)14-22-24(28)33-27(30-25(22)34)35-26(31-33)19-9-6-12-29-15-19/h3-15,28H,1-2H3/b22-14+,28-24?. The number of hydrazone groups is 1. The van der Waals surface area contributed by atoms with E-state index in [1.807, 2.05) is 50.2 Å². The van der Waals surface area contributed by atoms with Crippen molar-refractivity contribution in [3.63, 3.8) is 0 Å². The first kappa shape index (κ1) is 21.2. The smallest absolute Gasteiger partial charge is 0.283 e. The summed E-state index contributed by atoms with van der Waals surface area (Å²) in [7, 11) is 0. The predicted octanol–water partition coefficient (Wildman–Crippen LogP) is 5.31. The summed E-state index contributed by atoms with van der Waals surface area (Å²) in [5, 5.41) is 18.0. The molecule has 0 saturated heterocycles. The first-order valence-corrected chi connectivity index (χ1v) is 11.9. The van der Waals surface area contributed by atoms with Crippen LogP contribution >= 0.6 is 11.8 Å². The van der Waals surface area contributed by atoms with Gasteiger partial charge in [0.25, 0.3) is 5.91 Å². The normalized spacial score (nSPS) is 16.6. The molecule has 2 aliphatic rings. The van der Waals surface area contributed by atoms with Gasteiger partial charge in [-0.25, -0.2) is 0 Å². The van der Waals surface area contributed by atoms with Crippen LogP contribution in [0.2, 0.25) is 0 Å². The highest BCUT2D eigenvalue weighted by Crippen LogP contribution is 2.32. The van der Waals surface area contributed by atoms with Crippen molar-refractivity contribution in [1.29, 1.82) is 5.41 Å². The number of aliphatic imine (C=N–C) groups is 1. The maximum Gasteiger partial charge on any atom is 0.283 e. The SMILES string of the molecule is Cc1cc(/C=C2\C(=N)N3N=C(c4cccnc4)SC3=NC2=O)c(C)n1-c1cccc2ccccc12. The van der Waals surface area contributed by atoms with Gasteiger partial charge in [-0.05, 0) is 66.9 Å². The van der Waals surface area contributed by atoms with Crippen LogP contribution in [0.25, 0.3) is 22.5 Å². The van der Waals surface area contributed by atoms with Crippen LogP contribution in [0.3, 0.4) is 0 Å². The first-order chi connectivity index (χ1) is 17.0. The van der Waals surface area contributed by atoms with Crippen LogP contribution in [0.5, 0.6) is 0 Å². The Labute approximate surface area is 206 Å². The molecule has 0 bridgehead atoms.